The first-order chi connectivity index (χ1) is 16.5. The van der Waals surface area contributed by atoms with E-state index in [2.05, 4.69) is 10.3 Å². The first-order valence-electron chi connectivity index (χ1n) is 10.7. The number of nitrogens with zero attached hydrogens (tertiary/aromatic N) is 2. The maximum atomic E-state index is 12.6. The van der Waals surface area contributed by atoms with Crippen LogP contribution in [0.1, 0.15) is 17.3 Å². The van der Waals surface area contributed by atoms with Gasteiger partial charge in [-0.2, -0.15) is 0 Å². The molecule has 1 N–H and O–H groups in total. The zero-order valence-electron chi connectivity index (χ0n) is 18.7. The van der Waals surface area contributed by atoms with Crippen molar-refractivity contribution in [3.63, 3.8) is 0 Å². The van der Waals surface area contributed by atoms with Gasteiger partial charge in [-0.3, -0.25) is 14.2 Å². The van der Waals surface area contributed by atoms with Crippen LogP contribution < -0.4 is 26.0 Å². The van der Waals surface area contributed by atoms with Crippen LogP contribution in [-0.4, -0.2) is 35.7 Å². The van der Waals surface area contributed by atoms with Crippen molar-refractivity contribution < 1.29 is 18.7 Å². The van der Waals surface area contributed by atoms with Crippen LogP contribution in [0, 0.1) is 0 Å². The summed E-state index contributed by atoms with van der Waals surface area (Å²) in [6.45, 7) is 2.55. The lowest BCUT2D eigenvalue weighted by Crippen LogP contribution is -2.33. The number of nitrogens with one attached hydrogen (secondary N) is 1. The number of amides is 1. The summed E-state index contributed by atoms with van der Waals surface area (Å²) < 4.78 is 17.3. The summed E-state index contributed by atoms with van der Waals surface area (Å²) in [4.78, 5) is 41.7. The van der Waals surface area contributed by atoms with E-state index < -0.39 is 11.5 Å². The molecule has 2 aromatic heterocycles. The average Bonchev–Trinajstić information content (AvgIpc) is 2.85. The third-order valence-corrected chi connectivity index (χ3v) is 5.17. The topological polar surface area (TPSA) is 113 Å². The lowest BCUT2D eigenvalue weighted by Gasteiger charge is -2.09. The minimum absolute atomic E-state index is 0.124. The molecule has 0 atom stereocenters. The molecule has 9 nitrogen and oxygen atoms in total. The Bertz CT molecular complexity index is 1440. The van der Waals surface area contributed by atoms with Gasteiger partial charge in [-0.15, -0.1) is 0 Å². The highest BCUT2D eigenvalue weighted by molar-refractivity contribution is 5.97. The van der Waals surface area contributed by atoms with Crippen molar-refractivity contribution in [1.82, 2.24) is 14.9 Å². The molecule has 1 amide bonds. The summed E-state index contributed by atoms with van der Waals surface area (Å²) in [5, 5.41) is 3.22. The normalized spacial score (nSPS) is 10.8. The van der Waals surface area contributed by atoms with Crippen molar-refractivity contribution in [1.29, 1.82) is 0 Å². The van der Waals surface area contributed by atoms with Gasteiger partial charge in [-0.05, 0) is 43.3 Å². The van der Waals surface area contributed by atoms with Gasteiger partial charge in [-0.25, -0.2) is 9.78 Å². The number of aromatic nitrogens is 2. The van der Waals surface area contributed by atoms with Crippen LogP contribution in [0.3, 0.4) is 0 Å². The molecule has 0 bridgehead atoms. The van der Waals surface area contributed by atoms with E-state index >= 15 is 0 Å². The maximum absolute atomic E-state index is 12.6. The minimum atomic E-state index is -0.764. The molecule has 0 aliphatic heterocycles. The summed E-state index contributed by atoms with van der Waals surface area (Å²) in [5.41, 5.74) is 0.465. The minimum Gasteiger partial charge on any atom is -0.497 e. The third kappa shape index (κ3) is 4.83. The second kappa shape index (κ2) is 10.0. The first-order valence-corrected chi connectivity index (χ1v) is 10.7. The van der Waals surface area contributed by atoms with Crippen LogP contribution in [0.2, 0.25) is 0 Å². The molecule has 0 saturated carbocycles. The van der Waals surface area contributed by atoms with Gasteiger partial charge in [0.2, 0.25) is 0 Å². The Morgan fingerprint density at radius 1 is 1.12 bits per heavy atom. The lowest BCUT2D eigenvalue weighted by atomic mass is 10.1. The van der Waals surface area contributed by atoms with Crippen LogP contribution in [0.5, 0.6) is 11.5 Å². The lowest BCUT2D eigenvalue weighted by molar-refractivity contribution is 0.0948. The molecule has 34 heavy (non-hydrogen) atoms. The van der Waals surface area contributed by atoms with Crippen molar-refractivity contribution >= 4 is 16.9 Å². The molecular weight excluding hydrogens is 438 g/mol. The fourth-order valence-corrected chi connectivity index (χ4v) is 3.44. The Kier molecular flexibility index (Phi) is 6.72. The molecule has 174 valence electrons. The van der Waals surface area contributed by atoms with E-state index in [1.165, 1.54) is 23.0 Å². The van der Waals surface area contributed by atoms with Crippen LogP contribution in [0.25, 0.3) is 22.2 Å². The van der Waals surface area contributed by atoms with E-state index in [0.717, 1.165) is 5.56 Å². The van der Waals surface area contributed by atoms with Gasteiger partial charge >= 0.3 is 5.63 Å². The van der Waals surface area contributed by atoms with E-state index in [0.29, 0.717) is 34.8 Å². The van der Waals surface area contributed by atoms with Crippen LogP contribution in [0.4, 0.5) is 0 Å². The van der Waals surface area contributed by atoms with Crippen molar-refractivity contribution in [2.45, 2.75) is 13.5 Å². The molecule has 0 fully saturated rings. The quantitative estimate of drug-likeness (QED) is 0.402. The smallest absolute Gasteiger partial charge is 0.349 e. The highest BCUT2D eigenvalue weighted by Gasteiger charge is 2.15. The number of rotatable bonds is 8. The Labute approximate surface area is 194 Å². The van der Waals surface area contributed by atoms with Gasteiger partial charge in [0.05, 0.1) is 25.7 Å². The number of fused-ring (bicyclic) bond motifs is 1. The van der Waals surface area contributed by atoms with E-state index in [-0.39, 0.29) is 24.2 Å². The number of hydrogen-bond donors (Lipinski definition) is 1. The fraction of sp³-hybridized carbons (Fsp3) is 0.200. The first kappa shape index (κ1) is 22.8. The Balaban J connectivity index is 1.43. The second-order valence-electron chi connectivity index (χ2n) is 7.35. The van der Waals surface area contributed by atoms with Crippen molar-refractivity contribution in [2.75, 3.05) is 20.3 Å². The average molecular weight is 461 g/mol. The molecule has 2 heterocycles. The van der Waals surface area contributed by atoms with Gasteiger partial charge in [0.1, 0.15) is 11.3 Å². The molecule has 0 radical (unpaired) electrons. The van der Waals surface area contributed by atoms with Gasteiger partial charge in [-0.1, -0.05) is 12.1 Å². The summed E-state index contributed by atoms with van der Waals surface area (Å²) >= 11 is 0. The molecule has 4 aromatic rings. The zero-order chi connectivity index (χ0) is 24.1. The predicted octanol–water partition coefficient (Wildman–Crippen LogP) is 2.85. The fourth-order valence-electron chi connectivity index (χ4n) is 3.44. The Hall–Kier alpha value is -4.40. The monoisotopic (exact) mass is 461 g/mol. The Morgan fingerprint density at radius 2 is 1.91 bits per heavy atom. The molecule has 4 rings (SSSR count). The molecule has 0 aliphatic carbocycles. The predicted molar refractivity (Wildman–Crippen MR) is 126 cm³/mol. The summed E-state index contributed by atoms with van der Waals surface area (Å²) in [6, 6.07) is 15.3. The SMILES string of the molecule is CCOc1cccc2cc(C(=O)NCCn3cnc(-c4ccc(OC)cc4)cc3=O)c(=O)oc12. The van der Waals surface area contributed by atoms with Gasteiger partial charge in [0.15, 0.2) is 11.3 Å². The zero-order valence-corrected chi connectivity index (χ0v) is 18.7. The molecule has 0 aliphatic rings. The summed E-state index contributed by atoms with van der Waals surface area (Å²) in [5.74, 6) is 0.561. The number of hydrogen-bond acceptors (Lipinski definition) is 7. The molecule has 9 heteroatoms. The van der Waals surface area contributed by atoms with E-state index in [4.69, 9.17) is 13.9 Å². The van der Waals surface area contributed by atoms with E-state index in [1.807, 2.05) is 19.1 Å². The summed E-state index contributed by atoms with van der Waals surface area (Å²) in [7, 11) is 1.58. The van der Waals surface area contributed by atoms with Crippen molar-refractivity contribution in [2.24, 2.45) is 0 Å². The highest BCUT2D eigenvalue weighted by atomic mass is 16.5. The van der Waals surface area contributed by atoms with Crippen molar-refractivity contribution in [3.05, 3.63) is 87.3 Å². The van der Waals surface area contributed by atoms with Crippen LogP contribution >= 0.6 is 0 Å². The van der Waals surface area contributed by atoms with Crippen LogP contribution in [0.15, 0.2) is 74.9 Å². The largest absolute Gasteiger partial charge is 0.497 e. The van der Waals surface area contributed by atoms with Gasteiger partial charge < -0.3 is 19.2 Å². The number of carbonyl (C=O) groups is 1. The Morgan fingerprint density at radius 3 is 2.62 bits per heavy atom. The highest BCUT2D eigenvalue weighted by Crippen LogP contribution is 2.25. The molecular formula is C25H23N3O6. The molecule has 2 aromatic carbocycles. The van der Waals surface area contributed by atoms with Gasteiger partial charge in [0.25, 0.3) is 11.5 Å². The number of carbonyl (C=O) groups excluding carboxylic acids is 1. The van der Waals surface area contributed by atoms with Crippen LogP contribution in [-0.2, 0) is 6.54 Å². The standard InChI is InChI=1S/C25H23N3O6/c1-3-33-21-6-4-5-17-13-19(25(31)34-23(17)21)24(30)26-11-12-28-15-27-20(14-22(28)29)16-7-9-18(32-2)10-8-16/h4-10,13-15H,3,11-12H2,1-2H3,(H,26,30). The number of ether oxygens (including phenoxy) is 2. The molecule has 0 unspecified atom stereocenters. The second-order valence-corrected chi connectivity index (χ2v) is 7.35. The summed E-state index contributed by atoms with van der Waals surface area (Å²) in [6.07, 6.45) is 1.42. The maximum Gasteiger partial charge on any atom is 0.349 e. The number of para-hydroxylation sites is 1. The number of benzene rings is 2. The number of methoxy groups -OCH3 is 1. The van der Waals surface area contributed by atoms with Gasteiger partial charge in [0, 0.05) is 30.1 Å². The van der Waals surface area contributed by atoms with E-state index in [1.54, 1.807) is 37.4 Å². The molecule has 0 spiro atoms. The third-order valence-electron chi connectivity index (χ3n) is 5.17. The van der Waals surface area contributed by atoms with E-state index in [9.17, 15) is 14.4 Å². The van der Waals surface area contributed by atoms with Crippen molar-refractivity contribution in [3.8, 4) is 22.8 Å². The molecule has 0 saturated heterocycles.